The van der Waals surface area contributed by atoms with Crippen molar-refractivity contribution in [1.29, 1.82) is 0 Å². The van der Waals surface area contributed by atoms with Gasteiger partial charge in [-0.05, 0) is 30.7 Å². The molecule has 1 aromatic carbocycles. The number of rotatable bonds is 4. The number of nitrogens with one attached hydrogen (secondary N) is 3. The third-order valence-corrected chi connectivity index (χ3v) is 5.32. The number of carbonyl (C=O) groups excluding carboxylic acids is 2. The molecule has 1 heterocycles. The van der Waals surface area contributed by atoms with Crippen molar-refractivity contribution in [2.45, 2.75) is 27.7 Å². The Bertz CT molecular complexity index is 836. The lowest BCUT2D eigenvalue weighted by Gasteiger charge is -2.16. The molecule has 0 bridgehead atoms. The number of hydrogen-bond acceptors (Lipinski definition) is 4. The van der Waals surface area contributed by atoms with Gasteiger partial charge in [-0.25, -0.2) is 0 Å². The van der Waals surface area contributed by atoms with Gasteiger partial charge in [0.15, 0.2) is 0 Å². The van der Waals surface area contributed by atoms with Crippen LogP contribution in [0.25, 0.3) is 0 Å². The molecule has 9 heteroatoms. The predicted molar refractivity (Wildman–Crippen MR) is 110 cm³/mol. The summed E-state index contributed by atoms with van der Waals surface area (Å²) in [6.07, 6.45) is 0. The minimum Gasteiger partial charge on any atom is -0.317 e. The number of aryl methyl sites for hydroxylation is 1. The molecule has 0 aliphatic carbocycles. The van der Waals surface area contributed by atoms with E-state index in [0.717, 1.165) is 5.56 Å². The normalized spacial score (nSPS) is 11.2. The maximum Gasteiger partial charge on any atom is 0.280 e. The highest BCUT2D eigenvalue weighted by atomic mass is 35.5. The molecule has 0 aliphatic heterocycles. The highest BCUT2D eigenvalue weighted by molar-refractivity contribution is 7.18. The fourth-order valence-electron chi connectivity index (χ4n) is 1.91. The molecule has 1 aromatic heterocycles. The summed E-state index contributed by atoms with van der Waals surface area (Å²) in [5, 5.41) is 4.38. The Morgan fingerprint density at radius 2 is 1.62 bits per heavy atom. The fourth-order valence-corrected chi connectivity index (χ4v) is 3.78. The summed E-state index contributed by atoms with van der Waals surface area (Å²) in [6.45, 7) is 7.25. The van der Waals surface area contributed by atoms with Gasteiger partial charge in [0.2, 0.25) is 5.91 Å². The van der Waals surface area contributed by atoms with Crippen LogP contribution in [0.3, 0.4) is 0 Å². The highest BCUT2D eigenvalue weighted by Gasteiger charge is 2.23. The largest absolute Gasteiger partial charge is 0.317 e. The third kappa shape index (κ3) is 5.04. The minimum absolute atomic E-state index is 0.122. The van der Waals surface area contributed by atoms with Crippen LogP contribution in [0.2, 0.25) is 15.1 Å². The summed E-state index contributed by atoms with van der Waals surface area (Å²) >= 11 is 19.2. The number of hydrogen-bond donors (Lipinski definition) is 3. The van der Waals surface area contributed by atoms with Gasteiger partial charge in [0.25, 0.3) is 5.91 Å². The van der Waals surface area contributed by atoms with Crippen LogP contribution < -0.4 is 16.2 Å². The Labute approximate surface area is 171 Å². The molecule has 5 nitrogen and oxygen atoms in total. The lowest BCUT2D eigenvalue weighted by atomic mass is 9.96. The minimum atomic E-state index is -0.524. The van der Waals surface area contributed by atoms with Gasteiger partial charge < -0.3 is 5.32 Å². The van der Waals surface area contributed by atoms with Crippen LogP contribution in [-0.2, 0) is 4.79 Å². The highest BCUT2D eigenvalue weighted by Crippen LogP contribution is 2.33. The Morgan fingerprint density at radius 3 is 2.15 bits per heavy atom. The van der Waals surface area contributed by atoms with E-state index < -0.39 is 5.41 Å². The van der Waals surface area contributed by atoms with Crippen molar-refractivity contribution in [3.8, 4) is 0 Å². The molecule has 0 radical (unpaired) electrons. The molecule has 0 fully saturated rings. The van der Waals surface area contributed by atoms with Crippen LogP contribution in [0.4, 0.5) is 10.7 Å². The second kappa shape index (κ2) is 8.05. The molecule has 140 valence electrons. The van der Waals surface area contributed by atoms with E-state index in [1.165, 1.54) is 23.5 Å². The number of carbonyl (C=O) groups is 2. The Hall–Kier alpha value is -1.47. The van der Waals surface area contributed by atoms with Crippen molar-refractivity contribution in [3.63, 3.8) is 0 Å². The number of hydrazine groups is 1. The number of thiophene rings is 1. The molecule has 2 rings (SSSR count). The van der Waals surface area contributed by atoms with Crippen LogP contribution in [0.15, 0.2) is 18.2 Å². The summed E-state index contributed by atoms with van der Waals surface area (Å²) < 4.78 is 0. The average Bonchev–Trinajstić information content (AvgIpc) is 2.85. The first kappa shape index (κ1) is 20.8. The van der Waals surface area contributed by atoms with Gasteiger partial charge in [0, 0.05) is 10.4 Å². The van der Waals surface area contributed by atoms with Crippen molar-refractivity contribution in [3.05, 3.63) is 43.7 Å². The zero-order valence-electron chi connectivity index (χ0n) is 14.6. The first-order valence-electron chi connectivity index (χ1n) is 7.62. The van der Waals surface area contributed by atoms with E-state index in [9.17, 15) is 9.59 Å². The second-order valence-electron chi connectivity index (χ2n) is 6.65. The van der Waals surface area contributed by atoms with Crippen LogP contribution in [0.1, 0.15) is 36.0 Å². The van der Waals surface area contributed by atoms with E-state index in [4.69, 9.17) is 34.8 Å². The monoisotopic (exact) mass is 433 g/mol. The summed E-state index contributed by atoms with van der Waals surface area (Å²) in [5.74, 6) is -0.491. The summed E-state index contributed by atoms with van der Waals surface area (Å²) in [7, 11) is 0. The van der Waals surface area contributed by atoms with E-state index in [2.05, 4.69) is 16.2 Å². The molecule has 2 aromatic rings. The lowest BCUT2D eigenvalue weighted by molar-refractivity contribution is -0.123. The van der Waals surface area contributed by atoms with Crippen molar-refractivity contribution in [1.82, 2.24) is 5.43 Å². The van der Waals surface area contributed by atoms with E-state index in [1.807, 2.05) is 20.8 Å². The van der Waals surface area contributed by atoms with E-state index >= 15 is 0 Å². The lowest BCUT2D eigenvalue weighted by Crippen LogP contribution is -2.29. The Morgan fingerprint density at radius 1 is 1.04 bits per heavy atom. The molecule has 0 atom stereocenters. The maximum atomic E-state index is 12.4. The predicted octanol–water partition coefficient (Wildman–Crippen LogP) is 5.76. The SMILES string of the molecule is Cc1cc(NC(=O)C(C)(C)C)sc1C(=O)NNc1c(Cl)cc(Cl)cc1Cl. The molecule has 0 aliphatic rings. The number of amides is 2. The van der Waals surface area contributed by atoms with E-state index in [0.29, 0.717) is 20.6 Å². The van der Waals surface area contributed by atoms with Crippen molar-refractivity contribution >= 4 is 68.6 Å². The maximum absolute atomic E-state index is 12.4. The molecular weight excluding hydrogens is 417 g/mol. The van der Waals surface area contributed by atoms with Crippen LogP contribution in [0, 0.1) is 12.3 Å². The molecule has 0 spiro atoms. The topological polar surface area (TPSA) is 70.2 Å². The first-order valence-corrected chi connectivity index (χ1v) is 9.57. The van der Waals surface area contributed by atoms with E-state index in [1.54, 1.807) is 13.0 Å². The van der Waals surface area contributed by atoms with Crippen molar-refractivity contribution < 1.29 is 9.59 Å². The zero-order chi connectivity index (χ0) is 19.6. The van der Waals surface area contributed by atoms with Gasteiger partial charge in [0.05, 0.1) is 25.6 Å². The molecule has 3 N–H and O–H groups in total. The van der Waals surface area contributed by atoms with Crippen LogP contribution in [-0.4, -0.2) is 11.8 Å². The quantitative estimate of drug-likeness (QED) is 0.536. The van der Waals surface area contributed by atoms with Gasteiger partial charge in [-0.15, -0.1) is 11.3 Å². The molecule has 0 saturated carbocycles. The van der Waals surface area contributed by atoms with Crippen molar-refractivity contribution in [2.75, 3.05) is 10.7 Å². The van der Waals surface area contributed by atoms with Gasteiger partial charge >= 0.3 is 0 Å². The number of halogens is 3. The van der Waals surface area contributed by atoms with Gasteiger partial charge in [-0.3, -0.25) is 20.4 Å². The Balaban J connectivity index is 2.10. The van der Waals surface area contributed by atoms with Gasteiger partial charge in [-0.1, -0.05) is 55.6 Å². The van der Waals surface area contributed by atoms with Gasteiger partial charge in [0.1, 0.15) is 0 Å². The van der Waals surface area contributed by atoms with E-state index in [-0.39, 0.29) is 21.9 Å². The standard InChI is InChI=1S/C17H18Cl3N3O2S/c1-8-5-12(21-16(25)17(2,3)4)26-14(8)15(24)23-22-13-10(19)6-9(18)7-11(13)20/h5-7,22H,1-4H3,(H,21,25)(H,23,24). The average molecular weight is 435 g/mol. The molecule has 0 unspecified atom stereocenters. The summed E-state index contributed by atoms with van der Waals surface area (Å²) in [5.41, 5.74) is 5.82. The third-order valence-electron chi connectivity index (χ3n) is 3.35. The molecule has 0 saturated heterocycles. The van der Waals surface area contributed by atoms with Gasteiger partial charge in [-0.2, -0.15) is 0 Å². The molecule has 2 amide bonds. The molecule has 26 heavy (non-hydrogen) atoms. The number of anilines is 2. The van der Waals surface area contributed by atoms with Crippen LogP contribution in [0.5, 0.6) is 0 Å². The number of benzene rings is 1. The van der Waals surface area contributed by atoms with Crippen LogP contribution >= 0.6 is 46.1 Å². The zero-order valence-corrected chi connectivity index (χ0v) is 17.7. The smallest absolute Gasteiger partial charge is 0.280 e. The van der Waals surface area contributed by atoms with Crippen molar-refractivity contribution in [2.24, 2.45) is 5.41 Å². The Kier molecular flexibility index (Phi) is 6.45. The first-order chi connectivity index (χ1) is 12.0. The summed E-state index contributed by atoms with van der Waals surface area (Å²) in [4.78, 5) is 25.0. The molecular formula is C17H18Cl3N3O2S. The summed E-state index contributed by atoms with van der Waals surface area (Å²) in [6, 6.07) is 4.78. The second-order valence-corrected chi connectivity index (χ2v) is 8.95. The fraction of sp³-hybridized carbons (Fsp3) is 0.294.